The Balaban J connectivity index is 2.32. The lowest BCUT2D eigenvalue weighted by molar-refractivity contribution is -0.150. The lowest BCUT2D eigenvalue weighted by Gasteiger charge is -2.37. The molecule has 0 spiro atoms. The van der Waals surface area contributed by atoms with Crippen LogP contribution in [0.15, 0.2) is 23.6 Å². The van der Waals surface area contributed by atoms with Crippen LogP contribution >= 0.6 is 0 Å². The summed E-state index contributed by atoms with van der Waals surface area (Å²) in [5.74, 6) is -0.685. The Bertz CT molecular complexity index is 690. The van der Waals surface area contributed by atoms with Crippen molar-refractivity contribution in [2.75, 3.05) is 6.54 Å². The van der Waals surface area contributed by atoms with Crippen LogP contribution in [0.3, 0.4) is 0 Å². The number of carbonyl (C=O) groups is 3. The summed E-state index contributed by atoms with van der Waals surface area (Å²) in [5, 5.41) is 1.53. The van der Waals surface area contributed by atoms with Crippen molar-refractivity contribution >= 4 is 17.8 Å². The van der Waals surface area contributed by atoms with Gasteiger partial charge in [-0.2, -0.15) is 0 Å². The van der Waals surface area contributed by atoms with Crippen molar-refractivity contribution in [1.29, 1.82) is 0 Å². The van der Waals surface area contributed by atoms with Crippen LogP contribution in [-0.4, -0.2) is 51.7 Å². The van der Waals surface area contributed by atoms with Gasteiger partial charge in [0.2, 0.25) is 11.6 Å². The SMILES string of the molecule is CC(=O)OC1=CC=C(C(CN(C(C)=O)C(C)(C)C)OC(C)=O)N2OC12C. The molecular weight excluding hydrogens is 340 g/mol. The zero-order chi connectivity index (χ0) is 19.9. The van der Waals surface area contributed by atoms with Gasteiger partial charge in [-0.3, -0.25) is 14.4 Å². The third kappa shape index (κ3) is 4.07. The number of ether oxygens (including phenoxy) is 2. The van der Waals surface area contributed by atoms with Gasteiger partial charge in [-0.05, 0) is 39.8 Å². The van der Waals surface area contributed by atoms with Crippen LogP contribution in [0.2, 0.25) is 0 Å². The highest BCUT2D eigenvalue weighted by atomic mass is 16.9. The first-order chi connectivity index (χ1) is 11.9. The van der Waals surface area contributed by atoms with E-state index in [-0.39, 0.29) is 12.5 Å². The highest BCUT2D eigenvalue weighted by Gasteiger charge is 2.60. The molecule has 0 bridgehead atoms. The van der Waals surface area contributed by atoms with Crippen LogP contribution in [0, 0.1) is 0 Å². The molecule has 2 aliphatic heterocycles. The highest BCUT2D eigenvalue weighted by Crippen LogP contribution is 2.48. The highest BCUT2D eigenvalue weighted by molar-refractivity contribution is 5.74. The first kappa shape index (κ1) is 20.0. The van der Waals surface area contributed by atoms with Crippen molar-refractivity contribution in [3.05, 3.63) is 23.6 Å². The molecule has 1 fully saturated rings. The fraction of sp³-hybridized carbons (Fsp3) is 0.611. The number of esters is 2. The molecule has 0 saturated carbocycles. The number of fused-ring (bicyclic) bond motifs is 1. The van der Waals surface area contributed by atoms with Crippen LogP contribution < -0.4 is 0 Å². The van der Waals surface area contributed by atoms with Gasteiger partial charge in [0.05, 0.1) is 12.2 Å². The average molecular weight is 366 g/mol. The van der Waals surface area contributed by atoms with E-state index in [2.05, 4.69) is 0 Å². The van der Waals surface area contributed by atoms with Gasteiger partial charge in [-0.25, -0.2) is 9.90 Å². The molecule has 1 saturated heterocycles. The second-order valence-electron chi connectivity index (χ2n) is 7.48. The Morgan fingerprint density at radius 3 is 2.27 bits per heavy atom. The summed E-state index contributed by atoms with van der Waals surface area (Å²) in [6.07, 6.45) is 2.57. The minimum Gasteiger partial charge on any atom is -0.454 e. The molecule has 0 aromatic carbocycles. The van der Waals surface area contributed by atoms with Gasteiger partial charge in [0.15, 0.2) is 11.9 Å². The van der Waals surface area contributed by atoms with E-state index in [0.717, 1.165) is 0 Å². The molecule has 2 atom stereocenters. The second-order valence-corrected chi connectivity index (χ2v) is 7.48. The number of allylic oxidation sites excluding steroid dienone is 2. The van der Waals surface area contributed by atoms with Crippen LogP contribution in [-0.2, 0) is 28.7 Å². The Labute approximate surface area is 153 Å². The Morgan fingerprint density at radius 2 is 1.81 bits per heavy atom. The standard InChI is InChI=1S/C18H26N2O6/c1-11(21)19(17(4,5)6)10-15(24-12(2)22)14-8-9-16(25-13(3)23)18(7)20(14)26-18/h8-9,15H,10H2,1-7H3. The molecule has 0 aliphatic carbocycles. The van der Waals surface area contributed by atoms with E-state index in [0.29, 0.717) is 11.5 Å². The Morgan fingerprint density at radius 1 is 1.19 bits per heavy atom. The fourth-order valence-corrected chi connectivity index (χ4v) is 2.94. The molecule has 0 aromatic rings. The molecule has 0 N–H and O–H groups in total. The van der Waals surface area contributed by atoms with Gasteiger partial charge >= 0.3 is 11.9 Å². The summed E-state index contributed by atoms with van der Waals surface area (Å²) >= 11 is 0. The molecule has 2 rings (SSSR count). The maximum atomic E-state index is 12.1. The van der Waals surface area contributed by atoms with Crippen LogP contribution in [0.1, 0.15) is 48.5 Å². The zero-order valence-electron chi connectivity index (χ0n) is 16.3. The molecular formula is C18H26N2O6. The van der Waals surface area contributed by atoms with E-state index in [1.54, 1.807) is 24.0 Å². The molecule has 8 heteroatoms. The van der Waals surface area contributed by atoms with Crippen molar-refractivity contribution in [3.8, 4) is 0 Å². The van der Waals surface area contributed by atoms with Crippen LogP contribution in [0.25, 0.3) is 0 Å². The van der Waals surface area contributed by atoms with Gasteiger partial charge in [0.25, 0.3) is 0 Å². The van der Waals surface area contributed by atoms with Crippen molar-refractivity contribution in [2.45, 2.75) is 65.8 Å². The van der Waals surface area contributed by atoms with E-state index >= 15 is 0 Å². The van der Waals surface area contributed by atoms with Gasteiger partial charge in [-0.1, -0.05) is 0 Å². The van der Waals surface area contributed by atoms with Gasteiger partial charge in [0, 0.05) is 26.3 Å². The maximum Gasteiger partial charge on any atom is 0.307 e. The lowest BCUT2D eigenvalue weighted by Crippen LogP contribution is -2.50. The van der Waals surface area contributed by atoms with Gasteiger partial charge in [-0.15, -0.1) is 0 Å². The molecule has 0 aromatic heterocycles. The fourth-order valence-electron chi connectivity index (χ4n) is 2.94. The molecule has 1 amide bonds. The third-order valence-corrected chi connectivity index (χ3v) is 4.15. The quantitative estimate of drug-likeness (QED) is 0.542. The normalized spacial score (nSPS) is 22.5. The van der Waals surface area contributed by atoms with Crippen molar-refractivity contribution in [2.24, 2.45) is 0 Å². The third-order valence-electron chi connectivity index (χ3n) is 4.15. The minimum atomic E-state index is -0.920. The summed E-state index contributed by atoms with van der Waals surface area (Å²) in [5.41, 5.74) is -0.785. The number of hydrogen-bond donors (Lipinski definition) is 0. The topological polar surface area (TPSA) is 88.5 Å². The summed E-state index contributed by atoms with van der Waals surface area (Å²) in [6.45, 7) is 11.7. The summed E-state index contributed by atoms with van der Waals surface area (Å²) in [7, 11) is 0. The summed E-state index contributed by atoms with van der Waals surface area (Å²) in [4.78, 5) is 42.2. The number of carbonyl (C=O) groups excluding carboxylic acids is 3. The molecule has 26 heavy (non-hydrogen) atoms. The van der Waals surface area contributed by atoms with Gasteiger partial charge in [0.1, 0.15) is 0 Å². The van der Waals surface area contributed by atoms with E-state index in [4.69, 9.17) is 14.3 Å². The maximum absolute atomic E-state index is 12.1. The van der Waals surface area contributed by atoms with E-state index in [1.807, 2.05) is 20.8 Å². The minimum absolute atomic E-state index is 0.128. The Hall–Kier alpha value is -2.35. The largest absolute Gasteiger partial charge is 0.454 e. The number of hydroxylamine groups is 2. The molecule has 2 aliphatic rings. The van der Waals surface area contributed by atoms with Gasteiger partial charge < -0.3 is 14.4 Å². The molecule has 2 heterocycles. The molecule has 0 radical (unpaired) electrons. The molecule has 144 valence electrons. The van der Waals surface area contributed by atoms with Crippen LogP contribution in [0.4, 0.5) is 0 Å². The van der Waals surface area contributed by atoms with E-state index < -0.39 is 29.3 Å². The summed E-state index contributed by atoms with van der Waals surface area (Å²) in [6, 6.07) is 0. The van der Waals surface area contributed by atoms with Crippen molar-refractivity contribution in [3.63, 3.8) is 0 Å². The van der Waals surface area contributed by atoms with Crippen LogP contribution in [0.5, 0.6) is 0 Å². The predicted octanol–water partition coefficient (Wildman–Crippen LogP) is 1.87. The van der Waals surface area contributed by atoms with Crippen molar-refractivity contribution < 1.29 is 28.7 Å². The molecule has 2 unspecified atom stereocenters. The van der Waals surface area contributed by atoms with Crippen molar-refractivity contribution in [1.82, 2.24) is 9.96 Å². The second kappa shape index (κ2) is 6.75. The average Bonchev–Trinajstić information content (AvgIpc) is 3.15. The number of amides is 1. The number of rotatable bonds is 5. The van der Waals surface area contributed by atoms with E-state index in [9.17, 15) is 14.4 Å². The van der Waals surface area contributed by atoms with E-state index in [1.165, 1.54) is 25.8 Å². The zero-order valence-corrected chi connectivity index (χ0v) is 16.3. The number of hydrogen-bond acceptors (Lipinski definition) is 7. The molecule has 8 nitrogen and oxygen atoms in total. The monoisotopic (exact) mass is 366 g/mol. The summed E-state index contributed by atoms with van der Waals surface area (Å²) < 4.78 is 10.6. The lowest BCUT2D eigenvalue weighted by atomic mass is 10.0. The first-order valence-electron chi connectivity index (χ1n) is 8.42. The number of nitrogens with zero attached hydrogens (tertiary/aromatic N) is 2. The predicted molar refractivity (Wildman–Crippen MR) is 92.0 cm³/mol. The smallest absolute Gasteiger partial charge is 0.307 e. The first-order valence-corrected chi connectivity index (χ1v) is 8.42. The Kier molecular flexibility index (Phi) is 5.19.